The van der Waals surface area contributed by atoms with Crippen molar-refractivity contribution in [3.63, 3.8) is 0 Å². The fourth-order valence-electron chi connectivity index (χ4n) is 2.42. The Hall–Kier alpha value is -3.29. The topological polar surface area (TPSA) is 51.5 Å². The molecule has 3 rings (SSSR count). The molecule has 0 saturated carbocycles. The third kappa shape index (κ3) is 4.16. The highest BCUT2D eigenvalue weighted by Crippen LogP contribution is 2.27. The van der Waals surface area contributed by atoms with Crippen molar-refractivity contribution in [2.75, 3.05) is 5.32 Å². The summed E-state index contributed by atoms with van der Waals surface area (Å²) in [6.45, 7) is 1.48. The van der Waals surface area contributed by atoms with E-state index in [0.717, 1.165) is 12.0 Å². The molecule has 0 aliphatic carbocycles. The lowest BCUT2D eigenvalue weighted by molar-refractivity contribution is 0.0992. The molecule has 1 N–H and O–H groups in total. The molecule has 8 heteroatoms. The summed E-state index contributed by atoms with van der Waals surface area (Å²) in [6, 6.07) is 10.0. The van der Waals surface area contributed by atoms with Crippen LogP contribution in [-0.2, 0) is 13.0 Å². The van der Waals surface area contributed by atoms with Crippen molar-refractivity contribution in [3.8, 4) is 5.75 Å². The van der Waals surface area contributed by atoms with Gasteiger partial charge >= 0.3 is 0 Å². The molecule has 4 nitrogen and oxygen atoms in total. The zero-order valence-electron chi connectivity index (χ0n) is 14.7. The van der Waals surface area contributed by atoms with Crippen molar-refractivity contribution in [2.24, 2.45) is 0 Å². The molecule has 0 fully saturated rings. The van der Waals surface area contributed by atoms with E-state index in [9.17, 15) is 22.4 Å². The van der Waals surface area contributed by atoms with Crippen LogP contribution in [0.3, 0.4) is 0 Å². The molecule has 0 bridgehead atoms. The van der Waals surface area contributed by atoms with Gasteiger partial charge in [-0.15, -0.1) is 0 Å². The lowest BCUT2D eigenvalue weighted by Crippen LogP contribution is -2.10. The molecule has 0 radical (unpaired) electrons. The lowest BCUT2D eigenvalue weighted by Gasteiger charge is -2.08. The average Bonchev–Trinajstić information content (AvgIpc) is 3.16. The van der Waals surface area contributed by atoms with Crippen LogP contribution in [0.15, 0.2) is 46.9 Å². The number of furan rings is 1. The maximum absolute atomic E-state index is 13.6. The summed E-state index contributed by atoms with van der Waals surface area (Å²) in [5, 5.41) is 2.64. The largest absolute Gasteiger partial charge is 0.479 e. The molecule has 0 unspecified atom stereocenters. The van der Waals surface area contributed by atoms with Crippen molar-refractivity contribution in [2.45, 2.75) is 20.0 Å². The minimum absolute atomic E-state index is 0.0370. The van der Waals surface area contributed by atoms with Crippen LogP contribution in [0, 0.1) is 23.3 Å². The number of carbonyl (C=O) groups is 1. The van der Waals surface area contributed by atoms with Crippen molar-refractivity contribution in [3.05, 3.63) is 82.8 Å². The number of amides is 1. The Bertz CT molecular complexity index is 973. The number of hydrogen-bond donors (Lipinski definition) is 1. The molecular formula is C20H15F4NO3. The van der Waals surface area contributed by atoms with Crippen LogP contribution in [-0.4, -0.2) is 5.91 Å². The minimum atomic E-state index is -1.65. The summed E-state index contributed by atoms with van der Waals surface area (Å²) >= 11 is 0. The standard InChI is InChI=1S/C20H15F4NO3/c1-2-11-3-5-12(6-4-11)25-20(26)16-8-7-13(28-16)10-27-19-17(23)14(21)9-15(22)18(19)24/h3-9H,2,10H2,1H3,(H,25,26). The number of nitrogens with one attached hydrogen (secondary N) is 1. The molecule has 146 valence electrons. The van der Waals surface area contributed by atoms with Crippen LogP contribution in [0.25, 0.3) is 0 Å². The minimum Gasteiger partial charge on any atom is -0.479 e. The van der Waals surface area contributed by atoms with Gasteiger partial charge in [-0.1, -0.05) is 19.1 Å². The van der Waals surface area contributed by atoms with E-state index in [1.807, 2.05) is 19.1 Å². The predicted molar refractivity (Wildman–Crippen MR) is 93.1 cm³/mol. The first-order valence-electron chi connectivity index (χ1n) is 8.33. The Morgan fingerprint density at radius 1 is 1.00 bits per heavy atom. The van der Waals surface area contributed by atoms with Crippen LogP contribution >= 0.6 is 0 Å². The average molecular weight is 393 g/mol. The van der Waals surface area contributed by atoms with Crippen LogP contribution in [0.1, 0.15) is 28.8 Å². The van der Waals surface area contributed by atoms with Gasteiger partial charge in [0.2, 0.25) is 11.6 Å². The molecule has 0 saturated heterocycles. The summed E-state index contributed by atoms with van der Waals surface area (Å²) in [5.41, 5.74) is 1.68. The molecule has 0 aliphatic heterocycles. The number of carbonyl (C=O) groups excluding carboxylic acids is 1. The van der Waals surface area contributed by atoms with Gasteiger partial charge in [0.05, 0.1) is 0 Å². The quantitative estimate of drug-likeness (QED) is 0.461. The highest BCUT2D eigenvalue weighted by Gasteiger charge is 2.21. The van der Waals surface area contributed by atoms with E-state index in [2.05, 4.69) is 5.32 Å². The number of rotatable bonds is 6. The fraction of sp³-hybridized carbons (Fsp3) is 0.150. The zero-order chi connectivity index (χ0) is 20.3. The van der Waals surface area contributed by atoms with E-state index in [4.69, 9.17) is 9.15 Å². The lowest BCUT2D eigenvalue weighted by atomic mass is 10.1. The number of hydrogen-bond acceptors (Lipinski definition) is 3. The Morgan fingerprint density at radius 3 is 2.25 bits per heavy atom. The molecule has 3 aromatic rings. The Kier molecular flexibility index (Phi) is 5.67. The second kappa shape index (κ2) is 8.16. The molecule has 0 atom stereocenters. The molecule has 0 aliphatic rings. The van der Waals surface area contributed by atoms with Crippen molar-refractivity contribution < 1.29 is 31.5 Å². The van der Waals surface area contributed by atoms with E-state index in [-0.39, 0.29) is 17.6 Å². The van der Waals surface area contributed by atoms with Crippen molar-refractivity contribution in [1.82, 2.24) is 0 Å². The maximum Gasteiger partial charge on any atom is 0.291 e. The normalized spacial score (nSPS) is 10.8. The molecule has 1 heterocycles. The number of benzene rings is 2. The van der Waals surface area contributed by atoms with Crippen LogP contribution in [0.4, 0.5) is 23.2 Å². The first-order chi connectivity index (χ1) is 13.4. The predicted octanol–water partition coefficient (Wildman–Crippen LogP) is 5.23. The maximum atomic E-state index is 13.6. The molecule has 2 aromatic carbocycles. The van der Waals surface area contributed by atoms with Crippen LogP contribution in [0.5, 0.6) is 5.75 Å². The van der Waals surface area contributed by atoms with Gasteiger partial charge in [-0.2, -0.15) is 8.78 Å². The smallest absolute Gasteiger partial charge is 0.291 e. The molecule has 28 heavy (non-hydrogen) atoms. The Balaban J connectivity index is 1.66. The van der Waals surface area contributed by atoms with Crippen LogP contribution < -0.4 is 10.1 Å². The summed E-state index contributed by atoms with van der Waals surface area (Å²) < 4.78 is 63.5. The van der Waals surface area contributed by atoms with Gasteiger partial charge in [0, 0.05) is 11.8 Å². The van der Waals surface area contributed by atoms with Crippen molar-refractivity contribution >= 4 is 11.6 Å². The molecule has 1 aromatic heterocycles. The van der Waals surface area contributed by atoms with Gasteiger partial charge in [-0.25, -0.2) is 8.78 Å². The number of halogens is 4. The van der Waals surface area contributed by atoms with Gasteiger partial charge in [0.1, 0.15) is 12.4 Å². The van der Waals surface area contributed by atoms with Crippen molar-refractivity contribution in [1.29, 1.82) is 0 Å². The highest BCUT2D eigenvalue weighted by atomic mass is 19.2. The van der Waals surface area contributed by atoms with Gasteiger partial charge < -0.3 is 14.5 Å². The second-order valence-electron chi connectivity index (χ2n) is 5.86. The van der Waals surface area contributed by atoms with E-state index < -0.39 is 41.5 Å². The van der Waals surface area contributed by atoms with E-state index >= 15 is 0 Å². The summed E-state index contributed by atoms with van der Waals surface area (Å²) in [4.78, 5) is 12.2. The third-order valence-electron chi connectivity index (χ3n) is 3.94. The molecule has 1 amide bonds. The number of aryl methyl sites for hydroxylation is 1. The summed E-state index contributed by atoms with van der Waals surface area (Å²) in [7, 11) is 0. The second-order valence-corrected chi connectivity index (χ2v) is 5.86. The number of ether oxygens (including phenoxy) is 1. The summed E-state index contributed by atoms with van der Waals surface area (Å²) in [5.74, 6) is -8.23. The Labute approximate surface area is 157 Å². The fourth-order valence-corrected chi connectivity index (χ4v) is 2.42. The summed E-state index contributed by atoms with van der Waals surface area (Å²) in [6.07, 6.45) is 0.867. The zero-order valence-corrected chi connectivity index (χ0v) is 14.7. The first-order valence-corrected chi connectivity index (χ1v) is 8.33. The van der Waals surface area contributed by atoms with E-state index in [1.165, 1.54) is 12.1 Å². The SMILES string of the molecule is CCc1ccc(NC(=O)c2ccc(COc3c(F)c(F)cc(F)c3F)o2)cc1. The highest BCUT2D eigenvalue weighted by molar-refractivity contribution is 6.02. The van der Waals surface area contributed by atoms with E-state index in [0.29, 0.717) is 5.69 Å². The van der Waals surface area contributed by atoms with Crippen LogP contribution in [0.2, 0.25) is 0 Å². The van der Waals surface area contributed by atoms with Gasteiger partial charge in [0.15, 0.2) is 23.1 Å². The Morgan fingerprint density at radius 2 is 1.64 bits per heavy atom. The third-order valence-corrected chi connectivity index (χ3v) is 3.94. The first kappa shape index (κ1) is 19.5. The van der Waals surface area contributed by atoms with Gasteiger partial charge in [-0.05, 0) is 36.2 Å². The monoisotopic (exact) mass is 393 g/mol. The molecular weight excluding hydrogens is 378 g/mol. The number of anilines is 1. The van der Waals surface area contributed by atoms with Gasteiger partial charge in [0.25, 0.3) is 5.91 Å². The van der Waals surface area contributed by atoms with E-state index in [1.54, 1.807) is 12.1 Å². The molecule has 0 spiro atoms. The van der Waals surface area contributed by atoms with Gasteiger partial charge in [-0.3, -0.25) is 4.79 Å².